The summed E-state index contributed by atoms with van der Waals surface area (Å²) in [5.74, 6) is 0.945. The fourth-order valence-corrected chi connectivity index (χ4v) is 2.74. The quantitative estimate of drug-likeness (QED) is 0.738. The molecule has 1 fully saturated rings. The number of likely N-dealkylation sites (tertiary alicyclic amines) is 1. The van der Waals surface area contributed by atoms with Gasteiger partial charge in [0.1, 0.15) is 5.54 Å². The van der Waals surface area contributed by atoms with Crippen molar-refractivity contribution in [2.45, 2.75) is 64.3 Å². The molecule has 1 aliphatic rings. The first kappa shape index (κ1) is 15.5. The van der Waals surface area contributed by atoms with Gasteiger partial charge in [0.15, 0.2) is 0 Å². The molecule has 0 aromatic rings. The first-order valence-electron chi connectivity index (χ1n) is 7.50. The van der Waals surface area contributed by atoms with Crippen molar-refractivity contribution in [3.05, 3.63) is 0 Å². The van der Waals surface area contributed by atoms with Gasteiger partial charge in [0, 0.05) is 0 Å². The molecule has 18 heavy (non-hydrogen) atoms. The first-order valence-corrected chi connectivity index (χ1v) is 7.50. The Morgan fingerprint density at radius 1 is 1.33 bits per heavy atom. The molecule has 104 valence electrons. The molecule has 0 radical (unpaired) electrons. The lowest BCUT2D eigenvalue weighted by Gasteiger charge is -2.21. The SMILES string of the molecule is CCC1CCCN(CCCCC(C)(N)C#N)CC1. The van der Waals surface area contributed by atoms with E-state index < -0.39 is 5.54 Å². The number of rotatable bonds is 6. The molecule has 2 unspecified atom stereocenters. The van der Waals surface area contributed by atoms with Crippen LogP contribution in [0.15, 0.2) is 0 Å². The molecule has 0 aliphatic carbocycles. The van der Waals surface area contributed by atoms with Gasteiger partial charge in [-0.2, -0.15) is 5.26 Å². The van der Waals surface area contributed by atoms with E-state index in [1.165, 1.54) is 51.7 Å². The second-order valence-corrected chi connectivity index (χ2v) is 6.03. The average molecular weight is 251 g/mol. The average Bonchev–Trinajstić information content (AvgIpc) is 2.60. The van der Waals surface area contributed by atoms with Crippen molar-refractivity contribution in [3.63, 3.8) is 0 Å². The third-order valence-electron chi connectivity index (χ3n) is 4.19. The summed E-state index contributed by atoms with van der Waals surface area (Å²) in [6.45, 7) is 7.83. The van der Waals surface area contributed by atoms with E-state index >= 15 is 0 Å². The summed E-state index contributed by atoms with van der Waals surface area (Å²) in [5, 5.41) is 8.85. The van der Waals surface area contributed by atoms with Gasteiger partial charge in [-0.25, -0.2) is 0 Å². The molecule has 2 atom stereocenters. The molecule has 0 aromatic carbocycles. The third-order valence-corrected chi connectivity index (χ3v) is 4.19. The van der Waals surface area contributed by atoms with E-state index in [1.807, 2.05) is 6.92 Å². The molecule has 2 N–H and O–H groups in total. The molecule has 1 saturated heterocycles. The predicted molar refractivity (Wildman–Crippen MR) is 76.1 cm³/mol. The fraction of sp³-hybridized carbons (Fsp3) is 0.933. The zero-order chi connectivity index (χ0) is 13.4. The highest BCUT2D eigenvalue weighted by Gasteiger charge is 2.18. The summed E-state index contributed by atoms with van der Waals surface area (Å²) in [6.07, 6.45) is 8.51. The smallest absolute Gasteiger partial charge is 0.101 e. The molecular weight excluding hydrogens is 222 g/mol. The van der Waals surface area contributed by atoms with Gasteiger partial charge in [-0.15, -0.1) is 0 Å². The van der Waals surface area contributed by atoms with Gasteiger partial charge in [0.25, 0.3) is 0 Å². The maximum Gasteiger partial charge on any atom is 0.101 e. The van der Waals surface area contributed by atoms with Crippen molar-refractivity contribution in [3.8, 4) is 6.07 Å². The summed E-state index contributed by atoms with van der Waals surface area (Å²) >= 11 is 0. The van der Waals surface area contributed by atoms with E-state index in [1.54, 1.807) is 0 Å². The van der Waals surface area contributed by atoms with Crippen LogP contribution in [0.4, 0.5) is 0 Å². The number of nitriles is 1. The van der Waals surface area contributed by atoms with E-state index in [0.29, 0.717) is 0 Å². The maximum atomic E-state index is 8.85. The van der Waals surface area contributed by atoms with Gasteiger partial charge in [0.2, 0.25) is 0 Å². The second-order valence-electron chi connectivity index (χ2n) is 6.03. The Labute approximate surface area is 112 Å². The Morgan fingerprint density at radius 3 is 2.78 bits per heavy atom. The Kier molecular flexibility index (Phi) is 6.67. The summed E-state index contributed by atoms with van der Waals surface area (Å²) in [5.41, 5.74) is 5.19. The summed E-state index contributed by atoms with van der Waals surface area (Å²) in [6, 6.07) is 2.17. The molecule has 0 saturated carbocycles. The zero-order valence-electron chi connectivity index (χ0n) is 12.1. The van der Waals surface area contributed by atoms with E-state index in [2.05, 4.69) is 17.9 Å². The van der Waals surface area contributed by atoms with Crippen LogP contribution in [0, 0.1) is 17.2 Å². The Morgan fingerprint density at radius 2 is 2.11 bits per heavy atom. The largest absolute Gasteiger partial charge is 0.314 e. The van der Waals surface area contributed by atoms with Crippen molar-refractivity contribution >= 4 is 0 Å². The number of unbranched alkanes of at least 4 members (excludes halogenated alkanes) is 1. The summed E-state index contributed by atoms with van der Waals surface area (Å²) in [4.78, 5) is 2.59. The van der Waals surface area contributed by atoms with Gasteiger partial charge < -0.3 is 10.6 Å². The summed E-state index contributed by atoms with van der Waals surface area (Å²) in [7, 11) is 0. The highest BCUT2D eigenvalue weighted by molar-refractivity contribution is 5.00. The zero-order valence-corrected chi connectivity index (χ0v) is 12.1. The highest BCUT2D eigenvalue weighted by atomic mass is 15.1. The van der Waals surface area contributed by atoms with Crippen LogP contribution in [0.25, 0.3) is 0 Å². The monoisotopic (exact) mass is 251 g/mol. The van der Waals surface area contributed by atoms with Crippen LogP contribution in [-0.2, 0) is 0 Å². The number of hydrogen-bond donors (Lipinski definition) is 1. The van der Waals surface area contributed by atoms with Crippen LogP contribution in [0.1, 0.15) is 58.8 Å². The lowest BCUT2D eigenvalue weighted by atomic mass is 9.98. The van der Waals surface area contributed by atoms with E-state index in [9.17, 15) is 0 Å². The van der Waals surface area contributed by atoms with Crippen molar-refractivity contribution in [1.82, 2.24) is 4.90 Å². The Bertz CT molecular complexity index is 267. The minimum Gasteiger partial charge on any atom is -0.314 e. The Balaban J connectivity index is 2.14. The molecule has 0 amide bonds. The molecule has 1 heterocycles. The van der Waals surface area contributed by atoms with Gasteiger partial charge in [-0.1, -0.05) is 13.3 Å². The number of nitrogens with zero attached hydrogens (tertiary/aromatic N) is 2. The van der Waals surface area contributed by atoms with Crippen LogP contribution < -0.4 is 5.73 Å². The number of nitrogens with two attached hydrogens (primary N) is 1. The van der Waals surface area contributed by atoms with Crippen LogP contribution >= 0.6 is 0 Å². The van der Waals surface area contributed by atoms with Crippen LogP contribution in [0.2, 0.25) is 0 Å². The van der Waals surface area contributed by atoms with Crippen LogP contribution in [0.3, 0.4) is 0 Å². The minimum atomic E-state index is -0.633. The van der Waals surface area contributed by atoms with E-state index in [-0.39, 0.29) is 0 Å². The van der Waals surface area contributed by atoms with Gasteiger partial charge in [0.05, 0.1) is 6.07 Å². The predicted octanol–water partition coefficient (Wildman–Crippen LogP) is 2.91. The van der Waals surface area contributed by atoms with Crippen molar-refractivity contribution in [2.75, 3.05) is 19.6 Å². The molecule has 3 heteroatoms. The van der Waals surface area contributed by atoms with Crippen molar-refractivity contribution in [2.24, 2.45) is 11.7 Å². The summed E-state index contributed by atoms with van der Waals surface area (Å²) < 4.78 is 0. The lowest BCUT2D eigenvalue weighted by Crippen LogP contribution is -2.34. The third kappa shape index (κ3) is 5.84. The second kappa shape index (κ2) is 7.76. The van der Waals surface area contributed by atoms with Gasteiger partial charge in [-0.05, 0) is 71.0 Å². The normalized spacial score (nSPS) is 25.1. The molecule has 0 bridgehead atoms. The Hall–Kier alpha value is -0.590. The van der Waals surface area contributed by atoms with Crippen LogP contribution in [0.5, 0.6) is 0 Å². The maximum absolute atomic E-state index is 8.85. The van der Waals surface area contributed by atoms with Crippen molar-refractivity contribution < 1.29 is 0 Å². The van der Waals surface area contributed by atoms with Crippen LogP contribution in [-0.4, -0.2) is 30.1 Å². The lowest BCUT2D eigenvalue weighted by molar-refractivity contribution is 0.271. The van der Waals surface area contributed by atoms with E-state index in [0.717, 1.165) is 18.8 Å². The number of hydrogen-bond acceptors (Lipinski definition) is 3. The topological polar surface area (TPSA) is 53.0 Å². The fourth-order valence-electron chi connectivity index (χ4n) is 2.74. The minimum absolute atomic E-state index is 0.633. The standard InChI is InChI=1S/C15H29N3/c1-3-14-7-6-11-18(12-8-14)10-5-4-9-15(2,17)13-16/h14H,3-12,17H2,1-2H3. The molecule has 1 rings (SSSR count). The van der Waals surface area contributed by atoms with Gasteiger partial charge >= 0.3 is 0 Å². The molecule has 1 aliphatic heterocycles. The molecular formula is C15H29N3. The van der Waals surface area contributed by atoms with E-state index in [4.69, 9.17) is 11.0 Å². The molecule has 0 aromatic heterocycles. The highest BCUT2D eigenvalue weighted by Crippen LogP contribution is 2.20. The molecule has 3 nitrogen and oxygen atoms in total. The first-order chi connectivity index (χ1) is 8.57. The van der Waals surface area contributed by atoms with Crippen molar-refractivity contribution in [1.29, 1.82) is 5.26 Å². The molecule has 0 spiro atoms. The van der Waals surface area contributed by atoms with Gasteiger partial charge in [-0.3, -0.25) is 0 Å².